The molecule has 0 fully saturated rings. The fraction of sp³-hybridized carbons (Fsp3) is 0.500. The Bertz CT molecular complexity index is 575. The molecule has 0 spiro atoms. The van der Waals surface area contributed by atoms with E-state index >= 15 is 0 Å². The zero-order valence-electron chi connectivity index (χ0n) is 11.3. The molecule has 1 atom stereocenters. The SMILES string of the molecule is CC(C)C(C)N(C)S(=O)(=O)c1cc(N)c(Br)cc1F. The minimum absolute atomic E-state index is 0.121. The lowest BCUT2D eigenvalue weighted by Gasteiger charge is -2.27. The van der Waals surface area contributed by atoms with Crippen LogP contribution in [-0.2, 0) is 10.0 Å². The number of hydrogen-bond donors (Lipinski definition) is 1. The summed E-state index contributed by atoms with van der Waals surface area (Å²) in [6, 6.07) is 1.96. The molecule has 7 heteroatoms. The van der Waals surface area contributed by atoms with Gasteiger partial charge in [-0.1, -0.05) is 13.8 Å². The van der Waals surface area contributed by atoms with Gasteiger partial charge in [0.2, 0.25) is 10.0 Å². The van der Waals surface area contributed by atoms with Crippen LogP contribution in [0.4, 0.5) is 10.1 Å². The number of hydrogen-bond acceptors (Lipinski definition) is 3. The molecule has 1 rings (SSSR count). The topological polar surface area (TPSA) is 63.4 Å². The number of rotatable bonds is 4. The first-order valence-corrected chi connectivity index (χ1v) is 8.05. The van der Waals surface area contributed by atoms with Gasteiger partial charge in [0.25, 0.3) is 0 Å². The standard InChI is InChI=1S/C12H18BrFN2O2S/c1-7(2)8(3)16(4)19(17,18)12-6-11(15)9(13)5-10(12)14/h5-8H,15H2,1-4H3. The third-order valence-corrected chi connectivity index (χ3v) is 5.89. The van der Waals surface area contributed by atoms with Crippen molar-refractivity contribution in [3.63, 3.8) is 0 Å². The van der Waals surface area contributed by atoms with Gasteiger partial charge in [0.05, 0.1) is 0 Å². The summed E-state index contributed by atoms with van der Waals surface area (Å²) in [6.07, 6.45) is 0. The van der Waals surface area contributed by atoms with Gasteiger partial charge in [0, 0.05) is 23.2 Å². The fourth-order valence-corrected chi connectivity index (χ4v) is 3.42. The molecule has 1 aromatic carbocycles. The number of nitrogens with zero attached hydrogens (tertiary/aromatic N) is 1. The third-order valence-electron chi connectivity index (χ3n) is 3.25. The van der Waals surface area contributed by atoms with E-state index in [1.54, 1.807) is 6.92 Å². The quantitative estimate of drug-likeness (QED) is 0.847. The second-order valence-electron chi connectivity index (χ2n) is 4.81. The van der Waals surface area contributed by atoms with Crippen molar-refractivity contribution >= 4 is 31.6 Å². The summed E-state index contributed by atoms with van der Waals surface area (Å²) in [5.41, 5.74) is 5.81. The summed E-state index contributed by atoms with van der Waals surface area (Å²) in [6.45, 7) is 5.59. The largest absolute Gasteiger partial charge is 0.398 e. The number of sulfonamides is 1. The van der Waals surface area contributed by atoms with E-state index in [0.717, 1.165) is 12.1 Å². The van der Waals surface area contributed by atoms with Gasteiger partial charge in [0.1, 0.15) is 10.7 Å². The van der Waals surface area contributed by atoms with Gasteiger partial charge in [-0.15, -0.1) is 0 Å². The second kappa shape index (κ2) is 5.76. The maximum absolute atomic E-state index is 13.9. The zero-order chi connectivity index (χ0) is 15.0. The van der Waals surface area contributed by atoms with E-state index in [0.29, 0.717) is 4.47 Å². The molecule has 0 aliphatic carbocycles. The predicted octanol–water partition coefficient (Wildman–Crippen LogP) is 2.84. The Labute approximate surface area is 122 Å². The first kappa shape index (κ1) is 16.4. The Balaban J connectivity index is 3.32. The van der Waals surface area contributed by atoms with Crippen LogP contribution in [0.15, 0.2) is 21.5 Å². The molecular weight excluding hydrogens is 335 g/mol. The van der Waals surface area contributed by atoms with Crippen molar-refractivity contribution < 1.29 is 12.8 Å². The molecule has 108 valence electrons. The molecule has 0 aromatic heterocycles. The Hall–Kier alpha value is -0.660. The maximum Gasteiger partial charge on any atom is 0.246 e. The van der Waals surface area contributed by atoms with E-state index in [1.165, 1.54) is 11.4 Å². The molecule has 0 bridgehead atoms. The van der Waals surface area contributed by atoms with Crippen molar-refractivity contribution in [1.29, 1.82) is 0 Å². The number of nitrogen functional groups attached to an aromatic ring is 1. The van der Waals surface area contributed by atoms with Crippen LogP contribution in [0.5, 0.6) is 0 Å². The van der Waals surface area contributed by atoms with Crippen LogP contribution in [0.3, 0.4) is 0 Å². The molecular formula is C12H18BrFN2O2S. The predicted molar refractivity (Wildman–Crippen MR) is 77.8 cm³/mol. The number of halogens is 2. The van der Waals surface area contributed by atoms with Gasteiger partial charge in [-0.3, -0.25) is 0 Å². The summed E-state index contributed by atoms with van der Waals surface area (Å²) in [5, 5.41) is 0. The molecule has 1 aromatic rings. The summed E-state index contributed by atoms with van der Waals surface area (Å²) in [7, 11) is -2.45. The van der Waals surface area contributed by atoms with Crippen molar-refractivity contribution in [3.8, 4) is 0 Å². The Morgan fingerprint density at radius 2 is 1.84 bits per heavy atom. The zero-order valence-corrected chi connectivity index (χ0v) is 13.7. The van der Waals surface area contributed by atoms with Crippen molar-refractivity contribution in [2.75, 3.05) is 12.8 Å². The van der Waals surface area contributed by atoms with Gasteiger partial charge in [-0.25, -0.2) is 12.8 Å². The van der Waals surface area contributed by atoms with Crippen LogP contribution < -0.4 is 5.73 Å². The first-order valence-electron chi connectivity index (χ1n) is 5.81. The highest BCUT2D eigenvalue weighted by Gasteiger charge is 2.30. The van der Waals surface area contributed by atoms with Gasteiger partial charge in [-0.05, 0) is 40.9 Å². The molecule has 4 nitrogen and oxygen atoms in total. The lowest BCUT2D eigenvalue weighted by Crippen LogP contribution is -2.38. The van der Waals surface area contributed by atoms with Gasteiger partial charge >= 0.3 is 0 Å². The highest BCUT2D eigenvalue weighted by molar-refractivity contribution is 9.10. The third kappa shape index (κ3) is 3.27. The maximum atomic E-state index is 13.9. The van der Waals surface area contributed by atoms with Crippen LogP contribution in [0, 0.1) is 11.7 Å². The monoisotopic (exact) mass is 352 g/mol. The summed E-state index contributed by atoms with van der Waals surface area (Å²) >= 11 is 3.06. The Morgan fingerprint density at radius 3 is 2.32 bits per heavy atom. The Morgan fingerprint density at radius 1 is 1.32 bits per heavy atom. The molecule has 0 saturated heterocycles. The van der Waals surface area contributed by atoms with Crippen molar-refractivity contribution in [1.82, 2.24) is 4.31 Å². The molecule has 0 radical (unpaired) electrons. The second-order valence-corrected chi connectivity index (χ2v) is 7.63. The number of anilines is 1. The normalized spacial score (nSPS) is 14.1. The van der Waals surface area contributed by atoms with Crippen molar-refractivity contribution in [3.05, 3.63) is 22.4 Å². The van der Waals surface area contributed by atoms with E-state index in [-0.39, 0.29) is 17.6 Å². The van der Waals surface area contributed by atoms with E-state index in [4.69, 9.17) is 5.73 Å². The summed E-state index contributed by atoms with van der Waals surface area (Å²) < 4.78 is 40.1. The minimum atomic E-state index is -3.90. The highest BCUT2D eigenvalue weighted by Crippen LogP contribution is 2.29. The summed E-state index contributed by atoms with van der Waals surface area (Å²) in [5.74, 6) is -0.695. The lowest BCUT2D eigenvalue weighted by molar-refractivity contribution is 0.314. The number of benzene rings is 1. The van der Waals surface area contributed by atoms with Crippen molar-refractivity contribution in [2.24, 2.45) is 5.92 Å². The van der Waals surface area contributed by atoms with Crippen molar-refractivity contribution in [2.45, 2.75) is 31.7 Å². The molecule has 0 aliphatic rings. The van der Waals surface area contributed by atoms with Gasteiger partial charge < -0.3 is 5.73 Å². The molecule has 0 amide bonds. The minimum Gasteiger partial charge on any atom is -0.398 e. The smallest absolute Gasteiger partial charge is 0.246 e. The molecule has 0 aliphatic heterocycles. The molecule has 0 saturated carbocycles. The Kier molecular flexibility index (Phi) is 4.97. The van der Waals surface area contributed by atoms with Gasteiger partial charge in [-0.2, -0.15) is 4.31 Å². The van der Waals surface area contributed by atoms with Crippen LogP contribution in [0.1, 0.15) is 20.8 Å². The van der Waals surface area contributed by atoms with Crippen LogP contribution >= 0.6 is 15.9 Å². The molecule has 19 heavy (non-hydrogen) atoms. The molecule has 2 N–H and O–H groups in total. The average Bonchev–Trinajstić information content (AvgIpc) is 2.31. The van der Waals surface area contributed by atoms with E-state index in [9.17, 15) is 12.8 Å². The van der Waals surface area contributed by atoms with Crippen LogP contribution in [0.2, 0.25) is 0 Å². The average molecular weight is 353 g/mol. The summed E-state index contributed by atoms with van der Waals surface area (Å²) in [4.78, 5) is -0.400. The number of nitrogens with two attached hydrogens (primary N) is 1. The highest BCUT2D eigenvalue weighted by atomic mass is 79.9. The first-order chi connectivity index (χ1) is 8.59. The lowest BCUT2D eigenvalue weighted by atomic mass is 10.1. The van der Waals surface area contributed by atoms with E-state index in [1.807, 2.05) is 13.8 Å². The van der Waals surface area contributed by atoms with Crippen LogP contribution in [-0.4, -0.2) is 25.8 Å². The fourth-order valence-electron chi connectivity index (χ4n) is 1.54. The van der Waals surface area contributed by atoms with Crippen LogP contribution in [0.25, 0.3) is 0 Å². The van der Waals surface area contributed by atoms with Gasteiger partial charge in [0.15, 0.2) is 0 Å². The van der Waals surface area contributed by atoms with E-state index < -0.39 is 20.7 Å². The molecule has 1 unspecified atom stereocenters. The molecule has 0 heterocycles. The van der Waals surface area contributed by atoms with E-state index in [2.05, 4.69) is 15.9 Å².